The van der Waals surface area contributed by atoms with E-state index in [1.54, 1.807) is 29.5 Å². The van der Waals surface area contributed by atoms with Gasteiger partial charge in [0.05, 0.1) is 12.6 Å². The van der Waals surface area contributed by atoms with Gasteiger partial charge < -0.3 is 14.5 Å². The van der Waals surface area contributed by atoms with Crippen molar-refractivity contribution in [3.8, 4) is 5.75 Å². The number of rotatable bonds is 8. The van der Waals surface area contributed by atoms with E-state index in [0.717, 1.165) is 50.5 Å². The van der Waals surface area contributed by atoms with E-state index in [2.05, 4.69) is 0 Å². The number of carbonyl (C=O) groups is 2. The predicted octanol–water partition coefficient (Wildman–Crippen LogP) is 4.82. The summed E-state index contributed by atoms with van der Waals surface area (Å²) in [6, 6.07) is 8.11. The van der Waals surface area contributed by atoms with Gasteiger partial charge in [-0.3, -0.25) is 9.59 Å². The summed E-state index contributed by atoms with van der Waals surface area (Å²) in [7, 11) is 0. The lowest BCUT2D eigenvalue weighted by molar-refractivity contribution is -0.145. The second-order valence-electron chi connectivity index (χ2n) is 9.54. The number of carbonyl (C=O) groups excluding carboxylic acids is 2. The Kier molecular flexibility index (Phi) is 6.67. The van der Waals surface area contributed by atoms with Crippen molar-refractivity contribution in [2.45, 2.75) is 51.0 Å². The number of amides is 2. The van der Waals surface area contributed by atoms with Crippen molar-refractivity contribution in [3.63, 3.8) is 0 Å². The summed E-state index contributed by atoms with van der Waals surface area (Å²) in [6.45, 7) is 1.60. The number of para-hydroxylation sites is 1. The van der Waals surface area contributed by atoms with E-state index in [1.807, 2.05) is 21.2 Å². The SMILES string of the molecule is O=C(C1CCCC1)N(CC(=O)N1CCc2sccc2C1COc1ccccc1F)CC1CC1. The van der Waals surface area contributed by atoms with Gasteiger partial charge in [-0.2, -0.15) is 0 Å². The van der Waals surface area contributed by atoms with Gasteiger partial charge in [0.25, 0.3) is 0 Å². The number of halogens is 1. The molecular weight excluding hydrogens is 439 g/mol. The summed E-state index contributed by atoms with van der Waals surface area (Å²) in [5.74, 6) is 0.504. The zero-order valence-corrected chi connectivity index (χ0v) is 19.7. The molecule has 2 amide bonds. The Morgan fingerprint density at radius 1 is 1.12 bits per heavy atom. The van der Waals surface area contributed by atoms with Crippen LogP contribution in [0, 0.1) is 17.7 Å². The third-order valence-corrected chi connectivity index (χ3v) is 8.16. The van der Waals surface area contributed by atoms with Gasteiger partial charge >= 0.3 is 0 Å². The average molecular weight is 471 g/mol. The molecule has 0 spiro atoms. The van der Waals surface area contributed by atoms with Gasteiger partial charge in [0, 0.05) is 23.9 Å². The summed E-state index contributed by atoms with van der Waals surface area (Å²) in [5.41, 5.74) is 1.08. The van der Waals surface area contributed by atoms with Crippen LogP contribution in [-0.4, -0.2) is 47.9 Å². The number of fused-ring (bicyclic) bond motifs is 1. The molecule has 5 rings (SSSR count). The average Bonchev–Trinajstić information content (AvgIpc) is 3.26. The lowest BCUT2D eigenvalue weighted by Gasteiger charge is -2.37. The first-order valence-corrected chi connectivity index (χ1v) is 13.0. The van der Waals surface area contributed by atoms with E-state index in [1.165, 1.54) is 10.9 Å². The number of benzene rings is 1. The first-order valence-electron chi connectivity index (χ1n) is 12.1. The van der Waals surface area contributed by atoms with Crippen LogP contribution in [0.15, 0.2) is 35.7 Å². The second kappa shape index (κ2) is 9.84. The first-order chi connectivity index (χ1) is 16.1. The van der Waals surface area contributed by atoms with Crippen LogP contribution >= 0.6 is 11.3 Å². The van der Waals surface area contributed by atoms with Gasteiger partial charge in [0.2, 0.25) is 11.8 Å². The van der Waals surface area contributed by atoms with Crippen LogP contribution < -0.4 is 4.74 Å². The normalized spacial score (nSPS) is 20.5. The third kappa shape index (κ3) is 5.08. The van der Waals surface area contributed by atoms with Crippen molar-refractivity contribution in [3.05, 3.63) is 52.0 Å². The fourth-order valence-electron chi connectivity index (χ4n) is 5.13. The Labute approximate surface area is 198 Å². The molecule has 1 aromatic carbocycles. The molecule has 7 heteroatoms. The smallest absolute Gasteiger partial charge is 0.242 e. The molecule has 0 saturated heterocycles. The largest absolute Gasteiger partial charge is 0.488 e. The second-order valence-corrected chi connectivity index (χ2v) is 10.5. The zero-order valence-electron chi connectivity index (χ0n) is 18.9. The van der Waals surface area contributed by atoms with Crippen molar-refractivity contribution >= 4 is 23.2 Å². The highest BCUT2D eigenvalue weighted by Crippen LogP contribution is 2.35. The minimum absolute atomic E-state index is 0.0408. The summed E-state index contributed by atoms with van der Waals surface area (Å²) in [4.78, 5) is 31.7. The molecule has 2 heterocycles. The van der Waals surface area contributed by atoms with Crippen LogP contribution in [0.25, 0.3) is 0 Å². The van der Waals surface area contributed by atoms with Crippen molar-refractivity contribution in [2.75, 3.05) is 26.2 Å². The van der Waals surface area contributed by atoms with E-state index in [4.69, 9.17) is 4.74 Å². The molecule has 0 N–H and O–H groups in total. The summed E-state index contributed by atoms with van der Waals surface area (Å²) < 4.78 is 20.0. The van der Waals surface area contributed by atoms with Crippen LogP contribution in [0.2, 0.25) is 0 Å². The number of nitrogens with zero attached hydrogens (tertiary/aromatic N) is 2. The summed E-state index contributed by atoms with van der Waals surface area (Å²) >= 11 is 1.69. The molecule has 5 nitrogen and oxygen atoms in total. The number of thiophene rings is 1. The standard InChI is InChI=1S/C26H31FN2O3S/c27-21-7-3-4-8-23(21)32-17-22-20-12-14-33-24(20)11-13-29(22)25(30)16-28(15-18-9-10-18)26(31)19-5-1-2-6-19/h3-4,7-8,12,14,18-19,22H,1-2,5-6,9-11,13,15-17H2. The highest BCUT2D eigenvalue weighted by Gasteiger charge is 2.37. The van der Waals surface area contributed by atoms with Gasteiger partial charge in [0.15, 0.2) is 11.6 Å². The third-order valence-electron chi connectivity index (χ3n) is 7.17. The Bertz CT molecular complexity index is 999. The van der Waals surface area contributed by atoms with E-state index >= 15 is 0 Å². The van der Waals surface area contributed by atoms with Crippen LogP contribution in [0.3, 0.4) is 0 Å². The quantitative estimate of drug-likeness (QED) is 0.556. The van der Waals surface area contributed by atoms with Crippen LogP contribution in [-0.2, 0) is 16.0 Å². The molecule has 1 aliphatic heterocycles. The Morgan fingerprint density at radius 3 is 2.67 bits per heavy atom. The molecule has 2 aliphatic carbocycles. The van der Waals surface area contributed by atoms with E-state index in [0.29, 0.717) is 19.0 Å². The molecular formula is C26H31FN2O3S. The molecule has 1 atom stereocenters. The van der Waals surface area contributed by atoms with Crippen molar-refractivity contribution in [1.29, 1.82) is 0 Å². The lowest BCUT2D eigenvalue weighted by Crippen LogP contribution is -2.49. The van der Waals surface area contributed by atoms with Crippen molar-refractivity contribution in [1.82, 2.24) is 9.80 Å². The van der Waals surface area contributed by atoms with Crippen LogP contribution in [0.1, 0.15) is 55.0 Å². The molecule has 0 radical (unpaired) electrons. The summed E-state index contributed by atoms with van der Waals surface area (Å²) in [5, 5.41) is 2.04. The molecule has 2 fully saturated rings. The molecule has 33 heavy (non-hydrogen) atoms. The molecule has 0 bridgehead atoms. The zero-order chi connectivity index (χ0) is 22.8. The lowest BCUT2D eigenvalue weighted by atomic mass is 10.00. The minimum Gasteiger partial charge on any atom is -0.488 e. The molecule has 176 valence electrons. The molecule has 2 saturated carbocycles. The number of hydrogen-bond donors (Lipinski definition) is 0. The van der Waals surface area contributed by atoms with Gasteiger partial charge in [-0.05, 0) is 67.2 Å². The molecule has 3 aliphatic rings. The minimum atomic E-state index is -0.408. The number of hydrogen-bond acceptors (Lipinski definition) is 4. The maximum atomic E-state index is 14.1. The van der Waals surface area contributed by atoms with Gasteiger partial charge in [0.1, 0.15) is 6.61 Å². The van der Waals surface area contributed by atoms with E-state index in [9.17, 15) is 14.0 Å². The van der Waals surface area contributed by atoms with Gasteiger partial charge in [-0.15, -0.1) is 11.3 Å². The van der Waals surface area contributed by atoms with E-state index in [-0.39, 0.29) is 42.7 Å². The fraction of sp³-hybridized carbons (Fsp3) is 0.538. The van der Waals surface area contributed by atoms with Crippen molar-refractivity contribution < 1.29 is 18.7 Å². The highest BCUT2D eigenvalue weighted by atomic mass is 32.1. The Morgan fingerprint density at radius 2 is 1.91 bits per heavy atom. The maximum absolute atomic E-state index is 14.1. The van der Waals surface area contributed by atoms with Crippen molar-refractivity contribution in [2.24, 2.45) is 11.8 Å². The predicted molar refractivity (Wildman–Crippen MR) is 126 cm³/mol. The molecule has 2 aromatic rings. The summed E-state index contributed by atoms with van der Waals surface area (Å²) in [6.07, 6.45) is 7.17. The topological polar surface area (TPSA) is 49.9 Å². The van der Waals surface area contributed by atoms with Gasteiger partial charge in [-0.25, -0.2) is 4.39 Å². The van der Waals surface area contributed by atoms with Gasteiger partial charge in [-0.1, -0.05) is 25.0 Å². The Balaban J connectivity index is 1.32. The van der Waals surface area contributed by atoms with Crippen LogP contribution in [0.4, 0.5) is 4.39 Å². The molecule has 1 aromatic heterocycles. The fourth-order valence-corrected chi connectivity index (χ4v) is 6.06. The first kappa shape index (κ1) is 22.4. The Hall–Kier alpha value is -2.41. The number of ether oxygens (including phenoxy) is 1. The molecule has 1 unspecified atom stereocenters. The monoisotopic (exact) mass is 470 g/mol. The van der Waals surface area contributed by atoms with Crippen LogP contribution in [0.5, 0.6) is 5.75 Å². The maximum Gasteiger partial charge on any atom is 0.242 e. The highest BCUT2D eigenvalue weighted by molar-refractivity contribution is 7.10. The van der Waals surface area contributed by atoms with E-state index < -0.39 is 5.82 Å².